The number of fused-ring (bicyclic) bond motifs is 1. The van der Waals surface area contributed by atoms with E-state index in [1.54, 1.807) is 12.1 Å². The molecule has 0 radical (unpaired) electrons. The van der Waals surface area contributed by atoms with Gasteiger partial charge < -0.3 is 25.0 Å². The molecule has 1 amide bonds. The SMILES string of the molecule is C[C@H](Nc1ccc(N2CCCC2)cc1)C(=O)Nc1ccc2c(c1)OCO2. The molecular weight excluding hydrogens is 330 g/mol. The van der Waals surface area contributed by atoms with E-state index in [2.05, 4.69) is 27.7 Å². The third-order valence-electron chi connectivity index (χ3n) is 4.76. The van der Waals surface area contributed by atoms with Gasteiger partial charge in [-0.15, -0.1) is 0 Å². The number of hydrogen-bond acceptors (Lipinski definition) is 5. The minimum atomic E-state index is -0.363. The third kappa shape index (κ3) is 3.54. The second kappa shape index (κ2) is 7.15. The number of benzene rings is 2. The highest BCUT2D eigenvalue weighted by Gasteiger charge is 2.17. The Morgan fingerprint density at radius 1 is 1.00 bits per heavy atom. The van der Waals surface area contributed by atoms with Crippen LogP contribution in [0.3, 0.4) is 0 Å². The molecular formula is C20H23N3O3. The molecule has 0 aromatic heterocycles. The minimum absolute atomic E-state index is 0.104. The second-order valence-corrected chi connectivity index (χ2v) is 6.66. The van der Waals surface area contributed by atoms with E-state index < -0.39 is 0 Å². The molecule has 4 rings (SSSR count). The largest absolute Gasteiger partial charge is 0.454 e. The van der Waals surface area contributed by atoms with Crippen molar-refractivity contribution < 1.29 is 14.3 Å². The van der Waals surface area contributed by atoms with Crippen molar-refractivity contribution in [3.63, 3.8) is 0 Å². The van der Waals surface area contributed by atoms with Gasteiger partial charge in [0.2, 0.25) is 12.7 Å². The van der Waals surface area contributed by atoms with Crippen molar-refractivity contribution >= 4 is 23.0 Å². The molecule has 0 saturated carbocycles. The monoisotopic (exact) mass is 353 g/mol. The molecule has 2 N–H and O–H groups in total. The Morgan fingerprint density at radius 3 is 2.46 bits per heavy atom. The van der Waals surface area contributed by atoms with Gasteiger partial charge in [-0.3, -0.25) is 4.79 Å². The molecule has 1 saturated heterocycles. The number of rotatable bonds is 5. The molecule has 2 aliphatic heterocycles. The summed E-state index contributed by atoms with van der Waals surface area (Å²) < 4.78 is 10.6. The lowest BCUT2D eigenvalue weighted by atomic mass is 10.2. The maximum Gasteiger partial charge on any atom is 0.246 e. The van der Waals surface area contributed by atoms with E-state index in [1.807, 2.05) is 25.1 Å². The van der Waals surface area contributed by atoms with Crippen LogP contribution in [0.4, 0.5) is 17.1 Å². The lowest BCUT2D eigenvalue weighted by Crippen LogP contribution is -2.31. The molecule has 0 spiro atoms. The Morgan fingerprint density at radius 2 is 1.69 bits per heavy atom. The number of hydrogen-bond donors (Lipinski definition) is 2. The zero-order valence-electron chi connectivity index (χ0n) is 14.8. The highest BCUT2D eigenvalue weighted by molar-refractivity contribution is 5.96. The Kier molecular flexibility index (Phi) is 4.56. The van der Waals surface area contributed by atoms with Gasteiger partial charge in [-0.2, -0.15) is 0 Å². The van der Waals surface area contributed by atoms with E-state index in [0.29, 0.717) is 17.2 Å². The van der Waals surface area contributed by atoms with E-state index >= 15 is 0 Å². The highest BCUT2D eigenvalue weighted by atomic mass is 16.7. The van der Waals surface area contributed by atoms with Crippen molar-refractivity contribution in [2.75, 3.05) is 35.4 Å². The van der Waals surface area contributed by atoms with Crippen LogP contribution in [-0.2, 0) is 4.79 Å². The summed E-state index contributed by atoms with van der Waals surface area (Å²) in [6.07, 6.45) is 2.52. The highest BCUT2D eigenvalue weighted by Crippen LogP contribution is 2.34. The number of nitrogens with one attached hydrogen (secondary N) is 2. The van der Waals surface area contributed by atoms with E-state index in [-0.39, 0.29) is 18.7 Å². The van der Waals surface area contributed by atoms with Crippen molar-refractivity contribution in [3.8, 4) is 11.5 Å². The van der Waals surface area contributed by atoms with Crippen LogP contribution in [0, 0.1) is 0 Å². The lowest BCUT2D eigenvalue weighted by Gasteiger charge is -2.19. The molecule has 2 aliphatic rings. The van der Waals surface area contributed by atoms with E-state index in [4.69, 9.17) is 9.47 Å². The molecule has 2 aromatic rings. The normalized spacial score (nSPS) is 16.4. The Bertz CT molecular complexity index is 785. The summed E-state index contributed by atoms with van der Waals surface area (Å²) in [7, 11) is 0. The molecule has 2 heterocycles. The van der Waals surface area contributed by atoms with Gasteiger partial charge in [-0.25, -0.2) is 0 Å². The fourth-order valence-corrected chi connectivity index (χ4v) is 3.28. The standard InChI is InChI=1S/C20H23N3O3/c1-14(20(24)22-16-6-9-18-19(12-16)26-13-25-18)21-15-4-7-17(8-5-15)23-10-2-3-11-23/h4-9,12,14,21H,2-3,10-11,13H2,1H3,(H,22,24)/t14-/m0/s1. The Balaban J connectivity index is 1.35. The molecule has 0 unspecified atom stereocenters. The average Bonchev–Trinajstić information content (AvgIpc) is 3.33. The van der Waals surface area contributed by atoms with Crippen molar-refractivity contribution in [1.82, 2.24) is 0 Å². The minimum Gasteiger partial charge on any atom is -0.454 e. The smallest absolute Gasteiger partial charge is 0.246 e. The molecule has 0 bridgehead atoms. The van der Waals surface area contributed by atoms with Crippen LogP contribution < -0.4 is 25.0 Å². The summed E-state index contributed by atoms with van der Waals surface area (Å²) in [5.41, 5.74) is 2.86. The average molecular weight is 353 g/mol. The molecule has 6 heteroatoms. The predicted octanol–water partition coefficient (Wildman–Crippen LogP) is 3.45. The zero-order chi connectivity index (χ0) is 17.9. The molecule has 6 nitrogen and oxygen atoms in total. The zero-order valence-corrected chi connectivity index (χ0v) is 14.8. The fourth-order valence-electron chi connectivity index (χ4n) is 3.28. The van der Waals surface area contributed by atoms with Crippen LogP contribution in [0.5, 0.6) is 11.5 Å². The van der Waals surface area contributed by atoms with Crippen molar-refractivity contribution in [2.45, 2.75) is 25.8 Å². The van der Waals surface area contributed by atoms with Gasteiger partial charge in [0.15, 0.2) is 11.5 Å². The topological polar surface area (TPSA) is 62.8 Å². The molecule has 2 aromatic carbocycles. The second-order valence-electron chi connectivity index (χ2n) is 6.66. The first-order chi connectivity index (χ1) is 12.7. The van der Waals surface area contributed by atoms with Crippen LogP contribution in [-0.4, -0.2) is 31.8 Å². The van der Waals surface area contributed by atoms with Crippen LogP contribution >= 0.6 is 0 Å². The Labute approximate surface area is 153 Å². The maximum absolute atomic E-state index is 12.4. The molecule has 1 atom stereocenters. The van der Waals surface area contributed by atoms with Gasteiger partial charge in [-0.1, -0.05) is 0 Å². The lowest BCUT2D eigenvalue weighted by molar-refractivity contribution is -0.116. The van der Waals surface area contributed by atoms with Crippen molar-refractivity contribution in [3.05, 3.63) is 42.5 Å². The van der Waals surface area contributed by atoms with Crippen LogP contribution in [0.25, 0.3) is 0 Å². The number of carbonyl (C=O) groups excluding carboxylic acids is 1. The van der Waals surface area contributed by atoms with Gasteiger partial charge in [0.1, 0.15) is 6.04 Å². The van der Waals surface area contributed by atoms with Crippen LogP contribution in [0.15, 0.2) is 42.5 Å². The summed E-state index contributed by atoms with van der Waals surface area (Å²) in [5.74, 6) is 1.25. The van der Waals surface area contributed by atoms with Gasteiger partial charge in [0.25, 0.3) is 0 Å². The summed E-state index contributed by atoms with van der Waals surface area (Å²) in [5, 5.41) is 6.15. The van der Waals surface area contributed by atoms with Gasteiger partial charge in [-0.05, 0) is 56.2 Å². The first kappa shape index (κ1) is 16.6. The van der Waals surface area contributed by atoms with Gasteiger partial charge in [0, 0.05) is 36.2 Å². The molecule has 136 valence electrons. The summed E-state index contributed by atoms with van der Waals surface area (Å²) in [6.45, 7) is 4.32. The van der Waals surface area contributed by atoms with Crippen molar-refractivity contribution in [2.24, 2.45) is 0 Å². The van der Waals surface area contributed by atoms with Crippen LogP contribution in [0.1, 0.15) is 19.8 Å². The van der Waals surface area contributed by atoms with E-state index in [9.17, 15) is 4.79 Å². The summed E-state index contributed by atoms with van der Waals surface area (Å²) in [6, 6.07) is 13.3. The quantitative estimate of drug-likeness (QED) is 0.862. The Hall–Kier alpha value is -2.89. The maximum atomic E-state index is 12.4. The number of amides is 1. The summed E-state index contributed by atoms with van der Waals surface area (Å²) >= 11 is 0. The molecule has 26 heavy (non-hydrogen) atoms. The number of anilines is 3. The van der Waals surface area contributed by atoms with Gasteiger partial charge >= 0.3 is 0 Å². The molecule has 1 fully saturated rings. The fraction of sp³-hybridized carbons (Fsp3) is 0.350. The number of nitrogens with zero attached hydrogens (tertiary/aromatic N) is 1. The van der Waals surface area contributed by atoms with Crippen LogP contribution in [0.2, 0.25) is 0 Å². The van der Waals surface area contributed by atoms with E-state index in [0.717, 1.165) is 18.8 Å². The van der Waals surface area contributed by atoms with E-state index in [1.165, 1.54) is 18.5 Å². The van der Waals surface area contributed by atoms with Crippen molar-refractivity contribution in [1.29, 1.82) is 0 Å². The summed E-state index contributed by atoms with van der Waals surface area (Å²) in [4.78, 5) is 14.8. The first-order valence-corrected chi connectivity index (χ1v) is 9.01. The van der Waals surface area contributed by atoms with Gasteiger partial charge in [0.05, 0.1) is 0 Å². The third-order valence-corrected chi connectivity index (χ3v) is 4.76. The number of ether oxygens (including phenoxy) is 2. The first-order valence-electron chi connectivity index (χ1n) is 9.01. The predicted molar refractivity (Wildman–Crippen MR) is 102 cm³/mol. The molecule has 0 aliphatic carbocycles. The number of carbonyl (C=O) groups is 1.